The number of amides is 2. The van der Waals surface area contributed by atoms with Gasteiger partial charge >= 0.3 is 6.03 Å². The SMILES string of the molecule is CCC(C)(CO)NC(=O)Nc1cn(C)c(=O)cc1C. The zero-order valence-corrected chi connectivity index (χ0v) is 11.8. The lowest BCUT2D eigenvalue weighted by Gasteiger charge is -2.27. The number of hydrogen-bond acceptors (Lipinski definition) is 3. The number of nitrogens with zero attached hydrogens (tertiary/aromatic N) is 1. The van der Waals surface area contributed by atoms with Gasteiger partial charge in [-0.3, -0.25) is 4.79 Å². The topological polar surface area (TPSA) is 83.4 Å². The van der Waals surface area contributed by atoms with Crippen molar-refractivity contribution in [1.29, 1.82) is 0 Å². The van der Waals surface area contributed by atoms with E-state index in [-0.39, 0.29) is 12.2 Å². The highest BCUT2D eigenvalue weighted by Gasteiger charge is 2.23. The summed E-state index contributed by atoms with van der Waals surface area (Å²) in [4.78, 5) is 23.3. The summed E-state index contributed by atoms with van der Waals surface area (Å²) in [7, 11) is 1.62. The second-order valence-corrected chi connectivity index (χ2v) is 4.97. The van der Waals surface area contributed by atoms with Crippen LogP contribution in [0.3, 0.4) is 0 Å². The van der Waals surface area contributed by atoms with Gasteiger partial charge in [0.2, 0.25) is 0 Å². The van der Waals surface area contributed by atoms with E-state index in [2.05, 4.69) is 10.6 Å². The lowest BCUT2D eigenvalue weighted by Crippen LogP contribution is -2.50. The maximum absolute atomic E-state index is 11.9. The van der Waals surface area contributed by atoms with Crippen LogP contribution in [0.15, 0.2) is 17.1 Å². The third kappa shape index (κ3) is 3.82. The molecule has 0 aromatic carbocycles. The molecule has 0 aliphatic carbocycles. The van der Waals surface area contributed by atoms with Crippen LogP contribution < -0.4 is 16.2 Å². The number of carbonyl (C=O) groups is 1. The van der Waals surface area contributed by atoms with E-state index < -0.39 is 11.6 Å². The first-order chi connectivity index (χ1) is 8.81. The minimum absolute atomic E-state index is 0.128. The molecule has 1 unspecified atom stereocenters. The van der Waals surface area contributed by atoms with E-state index in [9.17, 15) is 14.7 Å². The van der Waals surface area contributed by atoms with Gasteiger partial charge in [0.05, 0.1) is 17.8 Å². The minimum Gasteiger partial charge on any atom is -0.394 e. The van der Waals surface area contributed by atoms with Crippen molar-refractivity contribution in [3.8, 4) is 0 Å². The van der Waals surface area contributed by atoms with Crippen LogP contribution >= 0.6 is 0 Å². The van der Waals surface area contributed by atoms with E-state index in [1.807, 2.05) is 6.92 Å². The summed E-state index contributed by atoms with van der Waals surface area (Å²) >= 11 is 0. The van der Waals surface area contributed by atoms with E-state index in [4.69, 9.17) is 0 Å². The monoisotopic (exact) mass is 267 g/mol. The Morgan fingerprint density at radius 1 is 1.53 bits per heavy atom. The van der Waals surface area contributed by atoms with Crippen molar-refractivity contribution >= 4 is 11.7 Å². The Kier molecular flexibility index (Phi) is 4.72. The van der Waals surface area contributed by atoms with Gasteiger partial charge in [-0.1, -0.05) is 6.92 Å². The van der Waals surface area contributed by atoms with Crippen molar-refractivity contribution in [2.75, 3.05) is 11.9 Å². The summed E-state index contributed by atoms with van der Waals surface area (Å²) in [5.41, 5.74) is 0.479. The van der Waals surface area contributed by atoms with Crippen molar-refractivity contribution in [1.82, 2.24) is 9.88 Å². The zero-order valence-electron chi connectivity index (χ0n) is 11.8. The number of carbonyl (C=O) groups excluding carboxylic acids is 1. The van der Waals surface area contributed by atoms with Crippen LogP contribution in [0.1, 0.15) is 25.8 Å². The van der Waals surface area contributed by atoms with Gasteiger partial charge in [-0.15, -0.1) is 0 Å². The van der Waals surface area contributed by atoms with Crippen molar-refractivity contribution in [3.63, 3.8) is 0 Å². The Morgan fingerprint density at radius 2 is 2.16 bits per heavy atom. The summed E-state index contributed by atoms with van der Waals surface area (Å²) in [5.74, 6) is 0. The molecule has 1 aromatic rings. The average Bonchev–Trinajstić information content (AvgIpc) is 2.35. The van der Waals surface area contributed by atoms with Gasteiger partial charge in [-0.25, -0.2) is 4.79 Å². The number of aliphatic hydroxyl groups is 1. The molecule has 3 N–H and O–H groups in total. The Bertz CT molecular complexity index is 518. The molecule has 0 radical (unpaired) electrons. The average molecular weight is 267 g/mol. The van der Waals surface area contributed by atoms with Gasteiger partial charge in [0.15, 0.2) is 0 Å². The predicted molar refractivity (Wildman–Crippen MR) is 74.4 cm³/mol. The summed E-state index contributed by atoms with van der Waals surface area (Å²) in [5, 5.41) is 14.6. The third-order valence-corrected chi connectivity index (χ3v) is 3.23. The molecule has 0 fully saturated rings. The molecule has 19 heavy (non-hydrogen) atoms. The highest BCUT2D eigenvalue weighted by Crippen LogP contribution is 2.12. The predicted octanol–water partition coefficient (Wildman–Crippen LogP) is 0.976. The molecule has 1 atom stereocenters. The Hall–Kier alpha value is -1.82. The summed E-state index contributed by atoms with van der Waals surface area (Å²) in [6.07, 6.45) is 2.18. The zero-order chi connectivity index (χ0) is 14.6. The number of anilines is 1. The van der Waals surface area contributed by atoms with Crippen molar-refractivity contribution in [2.45, 2.75) is 32.7 Å². The van der Waals surface area contributed by atoms with Crippen LogP contribution in [-0.2, 0) is 7.05 Å². The largest absolute Gasteiger partial charge is 0.394 e. The number of nitrogens with one attached hydrogen (secondary N) is 2. The molecule has 0 saturated heterocycles. The molecule has 1 heterocycles. The Morgan fingerprint density at radius 3 is 2.68 bits per heavy atom. The molecular formula is C13H21N3O3. The number of aliphatic hydroxyl groups excluding tert-OH is 1. The van der Waals surface area contributed by atoms with Gasteiger partial charge in [0.1, 0.15) is 0 Å². The van der Waals surface area contributed by atoms with Gasteiger partial charge in [-0.05, 0) is 25.8 Å². The fourth-order valence-electron chi connectivity index (χ4n) is 1.52. The second-order valence-electron chi connectivity index (χ2n) is 4.97. The number of aryl methyl sites for hydroxylation is 2. The van der Waals surface area contributed by atoms with Crippen LogP contribution in [0.4, 0.5) is 10.5 Å². The first-order valence-corrected chi connectivity index (χ1v) is 6.18. The summed E-state index contributed by atoms with van der Waals surface area (Å²) in [6.45, 7) is 5.26. The molecule has 0 aliphatic rings. The molecule has 1 aromatic heterocycles. The minimum atomic E-state index is -0.654. The first-order valence-electron chi connectivity index (χ1n) is 6.18. The van der Waals surface area contributed by atoms with Gasteiger partial charge in [-0.2, -0.15) is 0 Å². The third-order valence-electron chi connectivity index (χ3n) is 3.23. The molecule has 106 valence electrons. The molecule has 0 aliphatic heterocycles. The maximum Gasteiger partial charge on any atom is 0.319 e. The fraction of sp³-hybridized carbons (Fsp3) is 0.538. The number of aromatic nitrogens is 1. The first kappa shape index (κ1) is 15.2. The molecule has 6 heteroatoms. The second kappa shape index (κ2) is 5.88. The summed E-state index contributed by atoms with van der Waals surface area (Å²) in [6, 6.07) is 1.06. The number of urea groups is 1. The van der Waals surface area contributed by atoms with Crippen LogP contribution in [0.25, 0.3) is 0 Å². The van der Waals surface area contributed by atoms with Crippen LogP contribution in [0.5, 0.6) is 0 Å². The summed E-state index contributed by atoms with van der Waals surface area (Å²) < 4.78 is 1.40. The fourth-order valence-corrected chi connectivity index (χ4v) is 1.52. The molecular weight excluding hydrogens is 246 g/mol. The maximum atomic E-state index is 11.9. The van der Waals surface area contributed by atoms with E-state index in [1.165, 1.54) is 10.6 Å². The lowest BCUT2D eigenvalue weighted by atomic mass is 10.0. The van der Waals surface area contributed by atoms with Gasteiger partial charge in [0, 0.05) is 19.3 Å². The highest BCUT2D eigenvalue weighted by molar-refractivity contribution is 5.90. The molecule has 0 bridgehead atoms. The number of rotatable bonds is 4. The highest BCUT2D eigenvalue weighted by atomic mass is 16.3. The standard InChI is InChI=1S/C13H21N3O3/c1-5-13(3,8-17)15-12(19)14-10-7-16(4)11(18)6-9(10)2/h6-7,17H,5,8H2,1-4H3,(H2,14,15,19). The number of hydrogen-bond donors (Lipinski definition) is 3. The smallest absolute Gasteiger partial charge is 0.319 e. The lowest BCUT2D eigenvalue weighted by molar-refractivity contribution is 0.172. The molecule has 6 nitrogen and oxygen atoms in total. The van der Waals surface area contributed by atoms with Gasteiger partial charge < -0.3 is 20.3 Å². The molecule has 0 saturated carbocycles. The Balaban J connectivity index is 2.83. The van der Waals surface area contributed by atoms with E-state index in [1.54, 1.807) is 27.1 Å². The van der Waals surface area contributed by atoms with Crippen LogP contribution in [0, 0.1) is 6.92 Å². The van der Waals surface area contributed by atoms with Crippen LogP contribution in [-0.4, -0.2) is 27.9 Å². The normalized spacial score (nSPS) is 13.7. The van der Waals surface area contributed by atoms with E-state index in [0.717, 1.165) is 0 Å². The Labute approximate surface area is 112 Å². The van der Waals surface area contributed by atoms with Gasteiger partial charge in [0.25, 0.3) is 5.56 Å². The molecule has 2 amide bonds. The van der Waals surface area contributed by atoms with Crippen molar-refractivity contribution < 1.29 is 9.90 Å². The van der Waals surface area contributed by atoms with Crippen molar-refractivity contribution in [3.05, 3.63) is 28.2 Å². The quantitative estimate of drug-likeness (QED) is 0.760. The van der Waals surface area contributed by atoms with E-state index >= 15 is 0 Å². The van der Waals surface area contributed by atoms with Crippen LogP contribution in [0.2, 0.25) is 0 Å². The van der Waals surface area contributed by atoms with Crippen molar-refractivity contribution in [2.24, 2.45) is 7.05 Å². The molecule has 0 spiro atoms. The molecule has 1 rings (SSSR count). The number of pyridine rings is 1. The van der Waals surface area contributed by atoms with E-state index in [0.29, 0.717) is 17.7 Å².